The largest absolute Gasteiger partial charge is 0.369 e. The van der Waals surface area contributed by atoms with Crippen LogP contribution in [0.1, 0.15) is 23.7 Å². The molecule has 1 unspecified atom stereocenters. The first kappa shape index (κ1) is 13.1. The average molecular weight is 311 g/mol. The van der Waals surface area contributed by atoms with Crippen LogP contribution in [0.15, 0.2) is 28.7 Å². The molecule has 2 N–H and O–H groups in total. The number of likely N-dealkylation sites (tertiary alicyclic amines) is 1. The van der Waals surface area contributed by atoms with Gasteiger partial charge in [0.05, 0.1) is 5.41 Å². The zero-order valence-corrected chi connectivity index (χ0v) is 11.7. The van der Waals surface area contributed by atoms with E-state index in [1.165, 1.54) is 0 Å². The monoisotopic (exact) mass is 310 g/mol. The Balaban J connectivity index is 2.15. The van der Waals surface area contributed by atoms with Crippen molar-refractivity contribution in [2.45, 2.75) is 13.3 Å². The van der Waals surface area contributed by atoms with Crippen LogP contribution in [0.4, 0.5) is 0 Å². The molecule has 2 amide bonds. The summed E-state index contributed by atoms with van der Waals surface area (Å²) in [6, 6.07) is 7.24. The van der Waals surface area contributed by atoms with Crippen LogP contribution < -0.4 is 5.73 Å². The van der Waals surface area contributed by atoms with Crippen molar-refractivity contribution in [2.24, 2.45) is 11.1 Å². The van der Waals surface area contributed by atoms with Crippen LogP contribution in [0.2, 0.25) is 0 Å². The number of nitrogens with zero attached hydrogens (tertiary/aromatic N) is 1. The number of benzene rings is 1. The Labute approximate surface area is 114 Å². The minimum atomic E-state index is -0.596. The van der Waals surface area contributed by atoms with Gasteiger partial charge in [-0.1, -0.05) is 22.0 Å². The van der Waals surface area contributed by atoms with Crippen molar-refractivity contribution < 1.29 is 9.59 Å². The fourth-order valence-electron chi connectivity index (χ4n) is 2.14. The van der Waals surface area contributed by atoms with Gasteiger partial charge in [-0.05, 0) is 31.5 Å². The molecule has 1 aromatic rings. The lowest BCUT2D eigenvalue weighted by Crippen LogP contribution is -2.38. The van der Waals surface area contributed by atoms with E-state index < -0.39 is 5.41 Å². The molecule has 4 nitrogen and oxygen atoms in total. The lowest BCUT2D eigenvalue weighted by molar-refractivity contribution is -0.126. The number of amides is 2. The normalized spacial score (nSPS) is 23.1. The molecule has 1 aliphatic heterocycles. The van der Waals surface area contributed by atoms with E-state index in [0.717, 1.165) is 4.47 Å². The molecule has 1 saturated heterocycles. The number of carbonyl (C=O) groups excluding carboxylic acids is 2. The summed E-state index contributed by atoms with van der Waals surface area (Å²) in [6.07, 6.45) is 0.627. The molecule has 2 rings (SSSR count). The lowest BCUT2D eigenvalue weighted by atomic mass is 9.89. The molecule has 1 atom stereocenters. The van der Waals surface area contributed by atoms with Gasteiger partial charge in [-0.2, -0.15) is 0 Å². The molecule has 0 aliphatic carbocycles. The second-order valence-corrected chi connectivity index (χ2v) is 5.83. The summed E-state index contributed by atoms with van der Waals surface area (Å²) in [7, 11) is 0. The maximum absolute atomic E-state index is 12.3. The Morgan fingerprint density at radius 3 is 2.72 bits per heavy atom. The molecule has 1 aromatic carbocycles. The molecule has 5 heteroatoms. The summed E-state index contributed by atoms with van der Waals surface area (Å²) >= 11 is 3.34. The SMILES string of the molecule is CC1(C(N)=O)CCN(C(=O)c2cccc(Br)c2)C1. The third-order valence-corrected chi connectivity index (χ3v) is 3.92. The molecule has 0 spiro atoms. The van der Waals surface area contributed by atoms with Crippen molar-refractivity contribution >= 4 is 27.7 Å². The highest BCUT2D eigenvalue weighted by Crippen LogP contribution is 2.30. The molecule has 0 radical (unpaired) electrons. The highest BCUT2D eigenvalue weighted by molar-refractivity contribution is 9.10. The quantitative estimate of drug-likeness (QED) is 0.905. The first-order chi connectivity index (χ1) is 8.42. The van der Waals surface area contributed by atoms with E-state index >= 15 is 0 Å². The predicted molar refractivity (Wildman–Crippen MR) is 72.0 cm³/mol. The zero-order valence-electron chi connectivity index (χ0n) is 10.1. The number of hydrogen-bond donors (Lipinski definition) is 1. The van der Waals surface area contributed by atoms with Gasteiger partial charge in [0.2, 0.25) is 5.91 Å². The maximum Gasteiger partial charge on any atom is 0.253 e. The molecule has 18 heavy (non-hydrogen) atoms. The van der Waals surface area contributed by atoms with Gasteiger partial charge in [-0.15, -0.1) is 0 Å². The van der Waals surface area contributed by atoms with Gasteiger partial charge in [0.25, 0.3) is 5.91 Å². The smallest absolute Gasteiger partial charge is 0.253 e. The summed E-state index contributed by atoms with van der Waals surface area (Å²) in [4.78, 5) is 25.3. The van der Waals surface area contributed by atoms with E-state index in [2.05, 4.69) is 15.9 Å². The number of halogens is 1. The molecule has 0 bridgehead atoms. The molecular weight excluding hydrogens is 296 g/mol. The fourth-order valence-corrected chi connectivity index (χ4v) is 2.54. The molecule has 1 fully saturated rings. The minimum absolute atomic E-state index is 0.0544. The van der Waals surface area contributed by atoms with Crippen LogP contribution in [0.3, 0.4) is 0 Å². The van der Waals surface area contributed by atoms with Gasteiger partial charge in [-0.3, -0.25) is 9.59 Å². The molecular formula is C13H15BrN2O2. The Morgan fingerprint density at radius 2 is 2.17 bits per heavy atom. The van der Waals surface area contributed by atoms with Crippen LogP contribution >= 0.6 is 15.9 Å². The van der Waals surface area contributed by atoms with Gasteiger partial charge in [0.1, 0.15) is 0 Å². The summed E-state index contributed by atoms with van der Waals surface area (Å²) in [5.74, 6) is -0.395. The Kier molecular flexibility index (Phi) is 3.43. The molecule has 0 aromatic heterocycles. The van der Waals surface area contributed by atoms with E-state index in [9.17, 15) is 9.59 Å². The molecule has 1 aliphatic rings. The fraction of sp³-hybridized carbons (Fsp3) is 0.385. The van der Waals surface area contributed by atoms with Crippen LogP contribution in [-0.2, 0) is 4.79 Å². The first-order valence-corrected chi connectivity index (χ1v) is 6.56. The molecule has 0 saturated carbocycles. The van der Waals surface area contributed by atoms with Crippen LogP contribution in [0, 0.1) is 5.41 Å². The van der Waals surface area contributed by atoms with Crippen molar-refractivity contribution in [3.63, 3.8) is 0 Å². The first-order valence-electron chi connectivity index (χ1n) is 5.77. The Morgan fingerprint density at radius 1 is 1.44 bits per heavy atom. The van der Waals surface area contributed by atoms with Crippen molar-refractivity contribution in [1.29, 1.82) is 0 Å². The van der Waals surface area contributed by atoms with Crippen LogP contribution in [0.5, 0.6) is 0 Å². The van der Waals surface area contributed by atoms with Crippen LogP contribution in [-0.4, -0.2) is 29.8 Å². The minimum Gasteiger partial charge on any atom is -0.369 e. The highest BCUT2D eigenvalue weighted by atomic mass is 79.9. The predicted octanol–water partition coefficient (Wildman–Crippen LogP) is 1.79. The van der Waals surface area contributed by atoms with Gasteiger partial charge in [0, 0.05) is 23.1 Å². The van der Waals surface area contributed by atoms with Gasteiger partial charge >= 0.3 is 0 Å². The number of carbonyl (C=O) groups is 2. The number of nitrogens with two attached hydrogens (primary N) is 1. The van der Waals surface area contributed by atoms with E-state index in [4.69, 9.17) is 5.73 Å². The Bertz CT molecular complexity index is 504. The topological polar surface area (TPSA) is 63.4 Å². The lowest BCUT2D eigenvalue weighted by Gasteiger charge is -2.21. The van der Waals surface area contributed by atoms with E-state index in [1.54, 1.807) is 17.0 Å². The van der Waals surface area contributed by atoms with Crippen molar-refractivity contribution in [2.75, 3.05) is 13.1 Å². The van der Waals surface area contributed by atoms with E-state index in [0.29, 0.717) is 25.1 Å². The third-order valence-electron chi connectivity index (χ3n) is 3.43. The summed E-state index contributed by atoms with van der Waals surface area (Å²) in [5.41, 5.74) is 5.40. The molecule has 96 valence electrons. The van der Waals surface area contributed by atoms with Crippen molar-refractivity contribution in [1.82, 2.24) is 4.90 Å². The average Bonchev–Trinajstić information content (AvgIpc) is 2.72. The molecule has 1 heterocycles. The summed E-state index contributed by atoms with van der Waals surface area (Å²) < 4.78 is 0.866. The van der Waals surface area contributed by atoms with Crippen LogP contribution in [0.25, 0.3) is 0 Å². The van der Waals surface area contributed by atoms with E-state index in [1.807, 2.05) is 19.1 Å². The summed E-state index contributed by atoms with van der Waals surface area (Å²) in [5, 5.41) is 0. The van der Waals surface area contributed by atoms with Crippen molar-refractivity contribution in [3.05, 3.63) is 34.3 Å². The number of rotatable bonds is 2. The standard InChI is InChI=1S/C13H15BrN2O2/c1-13(12(15)18)5-6-16(8-13)11(17)9-3-2-4-10(14)7-9/h2-4,7H,5-6,8H2,1H3,(H2,15,18). The zero-order chi connectivity index (χ0) is 13.3. The van der Waals surface area contributed by atoms with Gasteiger partial charge in [-0.25, -0.2) is 0 Å². The second kappa shape index (κ2) is 4.72. The maximum atomic E-state index is 12.3. The second-order valence-electron chi connectivity index (χ2n) is 4.91. The van der Waals surface area contributed by atoms with Crippen molar-refractivity contribution in [3.8, 4) is 0 Å². The summed E-state index contributed by atoms with van der Waals surface area (Å²) in [6.45, 7) is 2.78. The third kappa shape index (κ3) is 2.41. The highest BCUT2D eigenvalue weighted by Gasteiger charge is 2.40. The van der Waals surface area contributed by atoms with Gasteiger partial charge < -0.3 is 10.6 Å². The Hall–Kier alpha value is -1.36. The van der Waals surface area contributed by atoms with E-state index in [-0.39, 0.29) is 11.8 Å². The van der Waals surface area contributed by atoms with Gasteiger partial charge in [0.15, 0.2) is 0 Å². The number of hydrogen-bond acceptors (Lipinski definition) is 2. The number of primary amides is 1.